The summed E-state index contributed by atoms with van der Waals surface area (Å²) in [7, 11) is 1.30. The summed E-state index contributed by atoms with van der Waals surface area (Å²) in [6.07, 6.45) is 2.89. The minimum Gasteiger partial charge on any atom is -0.467 e. The first-order valence-electron chi connectivity index (χ1n) is 9.43. The van der Waals surface area contributed by atoms with Crippen LogP contribution in [0.15, 0.2) is 30.5 Å². The van der Waals surface area contributed by atoms with Crippen LogP contribution in [0, 0.1) is 5.41 Å². The van der Waals surface area contributed by atoms with Crippen LogP contribution in [0.2, 0.25) is 0 Å². The van der Waals surface area contributed by atoms with E-state index in [2.05, 4.69) is 15.6 Å². The first-order valence-corrected chi connectivity index (χ1v) is 9.43. The Bertz CT molecular complexity index is 836. The van der Waals surface area contributed by atoms with E-state index in [1.807, 2.05) is 51.2 Å². The smallest absolute Gasteiger partial charge is 0.328 e. The van der Waals surface area contributed by atoms with Gasteiger partial charge in [-0.25, -0.2) is 4.79 Å². The molecule has 3 N–H and O–H groups in total. The van der Waals surface area contributed by atoms with Crippen LogP contribution in [0.25, 0.3) is 10.9 Å². The largest absolute Gasteiger partial charge is 0.467 e. The predicted octanol–water partition coefficient (Wildman–Crippen LogP) is 2.31. The van der Waals surface area contributed by atoms with Gasteiger partial charge in [0.05, 0.1) is 7.11 Å². The highest BCUT2D eigenvalue weighted by Crippen LogP contribution is 2.19. The number of esters is 1. The van der Waals surface area contributed by atoms with Gasteiger partial charge in [0.2, 0.25) is 11.8 Å². The maximum Gasteiger partial charge on any atom is 0.328 e. The molecule has 0 aliphatic carbocycles. The first kappa shape index (κ1) is 21.5. The molecule has 1 aromatic heterocycles. The third kappa shape index (κ3) is 5.84. The molecule has 2 rings (SSSR count). The lowest BCUT2D eigenvalue weighted by Crippen LogP contribution is -2.43. The van der Waals surface area contributed by atoms with Gasteiger partial charge in [-0.3, -0.25) is 9.59 Å². The van der Waals surface area contributed by atoms with E-state index in [0.717, 1.165) is 16.5 Å². The Morgan fingerprint density at radius 2 is 1.89 bits per heavy atom. The molecule has 2 amide bonds. The SMILES string of the molecule is COC(=O)C(Cc1c[nH]c2ccccc12)NC(=O)CCCNC(=O)C(C)(C)C. The number of para-hydroxylation sites is 1. The standard InChI is InChI=1S/C21H29N3O4/c1-21(2,3)20(27)22-11-7-10-18(25)24-17(19(26)28-4)12-14-13-23-16-9-6-5-8-15(14)16/h5-6,8-9,13,17,23H,7,10-12H2,1-4H3,(H,22,27)(H,24,25). The fourth-order valence-corrected chi connectivity index (χ4v) is 2.84. The molecular weight excluding hydrogens is 358 g/mol. The first-order chi connectivity index (χ1) is 13.2. The van der Waals surface area contributed by atoms with Crippen LogP contribution in [0.1, 0.15) is 39.2 Å². The van der Waals surface area contributed by atoms with Crippen LogP contribution >= 0.6 is 0 Å². The second-order valence-electron chi connectivity index (χ2n) is 7.82. The van der Waals surface area contributed by atoms with Gasteiger partial charge in [-0.2, -0.15) is 0 Å². The van der Waals surface area contributed by atoms with Crippen LogP contribution in [0.5, 0.6) is 0 Å². The fourth-order valence-electron chi connectivity index (χ4n) is 2.84. The summed E-state index contributed by atoms with van der Waals surface area (Å²) < 4.78 is 4.85. The zero-order valence-electron chi connectivity index (χ0n) is 16.9. The number of hydrogen-bond donors (Lipinski definition) is 3. The Kier molecular flexibility index (Phi) is 7.20. The number of fused-ring (bicyclic) bond motifs is 1. The lowest BCUT2D eigenvalue weighted by Gasteiger charge is -2.18. The van der Waals surface area contributed by atoms with E-state index < -0.39 is 17.4 Å². The minimum atomic E-state index is -0.763. The summed E-state index contributed by atoms with van der Waals surface area (Å²) >= 11 is 0. The molecule has 152 valence electrons. The number of ether oxygens (including phenoxy) is 1. The maximum absolute atomic E-state index is 12.3. The summed E-state index contributed by atoms with van der Waals surface area (Å²) in [5.74, 6) is -0.792. The van der Waals surface area contributed by atoms with E-state index in [4.69, 9.17) is 4.74 Å². The molecular formula is C21H29N3O4. The summed E-state index contributed by atoms with van der Waals surface area (Å²) in [6, 6.07) is 7.02. The van der Waals surface area contributed by atoms with Crippen molar-refractivity contribution in [3.8, 4) is 0 Å². The molecule has 0 radical (unpaired) electrons. The molecule has 1 heterocycles. The number of aromatic nitrogens is 1. The number of benzene rings is 1. The average molecular weight is 387 g/mol. The van der Waals surface area contributed by atoms with Crippen LogP contribution in [-0.4, -0.2) is 42.5 Å². The number of carbonyl (C=O) groups excluding carboxylic acids is 3. The van der Waals surface area contributed by atoms with Crippen molar-refractivity contribution in [2.45, 2.75) is 46.1 Å². The van der Waals surface area contributed by atoms with Crippen molar-refractivity contribution in [2.75, 3.05) is 13.7 Å². The number of carbonyl (C=O) groups is 3. The van der Waals surface area contributed by atoms with E-state index >= 15 is 0 Å². The fraction of sp³-hybridized carbons (Fsp3) is 0.476. The zero-order chi connectivity index (χ0) is 20.7. The van der Waals surface area contributed by atoms with Gasteiger partial charge >= 0.3 is 5.97 Å². The van der Waals surface area contributed by atoms with E-state index in [-0.39, 0.29) is 18.2 Å². The van der Waals surface area contributed by atoms with Crippen molar-refractivity contribution in [1.29, 1.82) is 0 Å². The highest BCUT2D eigenvalue weighted by atomic mass is 16.5. The Hall–Kier alpha value is -2.83. The van der Waals surface area contributed by atoms with Gasteiger partial charge in [-0.05, 0) is 18.1 Å². The molecule has 0 aliphatic heterocycles. The van der Waals surface area contributed by atoms with Gasteiger partial charge < -0.3 is 20.4 Å². The molecule has 1 unspecified atom stereocenters. The summed E-state index contributed by atoms with van der Waals surface area (Å²) in [6.45, 7) is 5.91. The average Bonchev–Trinajstić information content (AvgIpc) is 3.06. The normalized spacial score (nSPS) is 12.4. The van der Waals surface area contributed by atoms with Crippen LogP contribution < -0.4 is 10.6 Å². The quantitative estimate of drug-likeness (QED) is 0.478. The highest BCUT2D eigenvalue weighted by molar-refractivity contribution is 5.87. The summed E-state index contributed by atoms with van der Waals surface area (Å²) in [5.41, 5.74) is 1.45. The number of amides is 2. The van der Waals surface area contributed by atoms with Crippen LogP contribution in [0.3, 0.4) is 0 Å². The topological polar surface area (TPSA) is 100 Å². The second-order valence-corrected chi connectivity index (χ2v) is 7.82. The third-order valence-corrected chi connectivity index (χ3v) is 4.47. The van der Waals surface area contributed by atoms with E-state index in [1.54, 1.807) is 0 Å². The molecule has 1 aromatic carbocycles. The molecule has 0 spiro atoms. The Morgan fingerprint density at radius 1 is 1.18 bits per heavy atom. The molecule has 0 aliphatic rings. The number of hydrogen-bond acceptors (Lipinski definition) is 4. The van der Waals surface area contributed by atoms with Crippen molar-refractivity contribution >= 4 is 28.7 Å². The monoisotopic (exact) mass is 387 g/mol. The molecule has 0 fully saturated rings. The van der Waals surface area contributed by atoms with Crippen LogP contribution in [-0.2, 0) is 25.5 Å². The molecule has 2 aromatic rings. The van der Waals surface area contributed by atoms with E-state index in [1.165, 1.54) is 7.11 Å². The van der Waals surface area contributed by atoms with Gasteiger partial charge in [0.1, 0.15) is 6.04 Å². The second kappa shape index (κ2) is 9.39. The van der Waals surface area contributed by atoms with Crippen molar-refractivity contribution in [2.24, 2.45) is 5.41 Å². The van der Waals surface area contributed by atoms with Crippen molar-refractivity contribution in [1.82, 2.24) is 15.6 Å². The Morgan fingerprint density at radius 3 is 2.57 bits per heavy atom. The number of rotatable bonds is 8. The molecule has 1 atom stereocenters. The third-order valence-electron chi connectivity index (χ3n) is 4.47. The molecule has 7 nitrogen and oxygen atoms in total. The lowest BCUT2D eigenvalue weighted by atomic mass is 9.96. The lowest BCUT2D eigenvalue weighted by molar-refractivity contribution is -0.145. The van der Waals surface area contributed by atoms with E-state index in [0.29, 0.717) is 19.4 Å². The molecule has 0 bridgehead atoms. The maximum atomic E-state index is 12.3. The number of nitrogens with one attached hydrogen (secondary N) is 3. The molecule has 0 saturated carbocycles. The van der Waals surface area contributed by atoms with Crippen molar-refractivity contribution in [3.63, 3.8) is 0 Å². The molecule has 28 heavy (non-hydrogen) atoms. The van der Waals surface area contributed by atoms with Gasteiger partial charge in [0.25, 0.3) is 0 Å². The van der Waals surface area contributed by atoms with Gasteiger partial charge in [-0.1, -0.05) is 39.0 Å². The summed E-state index contributed by atoms with van der Waals surface area (Å²) in [4.78, 5) is 39.4. The highest BCUT2D eigenvalue weighted by Gasteiger charge is 2.23. The van der Waals surface area contributed by atoms with E-state index in [9.17, 15) is 14.4 Å². The van der Waals surface area contributed by atoms with Gasteiger partial charge in [-0.15, -0.1) is 0 Å². The van der Waals surface area contributed by atoms with Crippen molar-refractivity contribution < 1.29 is 19.1 Å². The molecule has 7 heteroatoms. The predicted molar refractivity (Wildman–Crippen MR) is 108 cm³/mol. The van der Waals surface area contributed by atoms with Gasteiger partial charge in [0, 0.05) is 41.9 Å². The minimum absolute atomic E-state index is 0.0559. The molecule has 0 saturated heterocycles. The Balaban J connectivity index is 1.90. The van der Waals surface area contributed by atoms with Crippen molar-refractivity contribution in [3.05, 3.63) is 36.0 Å². The van der Waals surface area contributed by atoms with Gasteiger partial charge in [0.15, 0.2) is 0 Å². The number of H-pyrrole nitrogens is 1. The Labute approximate surface area is 165 Å². The summed E-state index contributed by atoms with van der Waals surface area (Å²) in [5, 5.41) is 6.57. The number of methoxy groups -OCH3 is 1. The number of aromatic amines is 1. The van der Waals surface area contributed by atoms with Crippen LogP contribution in [0.4, 0.5) is 0 Å². The zero-order valence-corrected chi connectivity index (χ0v) is 16.9.